The maximum Gasteiger partial charge on any atom is 0.130 e. The highest BCUT2D eigenvalue weighted by Gasteiger charge is 2.15. The Balaban J connectivity index is 2.65. The van der Waals surface area contributed by atoms with Gasteiger partial charge in [-0.15, -0.1) is 0 Å². The van der Waals surface area contributed by atoms with E-state index in [1.165, 1.54) is 5.56 Å². The molecule has 0 unspecified atom stereocenters. The Kier molecular flexibility index (Phi) is 3.87. The van der Waals surface area contributed by atoms with E-state index in [-0.39, 0.29) is 5.78 Å². The van der Waals surface area contributed by atoms with Gasteiger partial charge in [-0.2, -0.15) is 0 Å². The predicted molar refractivity (Wildman–Crippen MR) is 59.3 cm³/mol. The molecule has 0 bridgehead atoms. The molecule has 0 radical (unpaired) electrons. The van der Waals surface area contributed by atoms with Gasteiger partial charge in [0.25, 0.3) is 0 Å². The molecule has 0 spiro atoms. The highest BCUT2D eigenvalue weighted by molar-refractivity contribution is 5.75. The van der Waals surface area contributed by atoms with Crippen molar-refractivity contribution in [2.24, 2.45) is 5.92 Å². The normalized spacial score (nSPS) is 14.8. The smallest absolute Gasteiger partial charge is 0.130 e. The number of hydrogen-bond donors (Lipinski definition) is 0. The average Bonchev–Trinajstić information content (AvgIpc) is 2.17. The Morgan fingerprint density at radius 1 is 1.21 bits per heavy atom. The van der Waals surface area contributed by atoms with Crippen LogP contribution in [0.25, 0.3) is 0 Å². The fourth-order valence-electron chi connectivity index (χ4n) is 1.72. The minimum absolute atomic E-state index is 0.278. The zero-order chi connectivity index (χ0) is 10.6. The van der Waals surface area contributed by atoms with Crippen LogP contribution >= 0.6 is 0 Å². The molecule has 0 aliphatic heterocycles. The molecular weight excluding hydrogens is 172 g/mol. The Labute approximate surface area is 86.1 Å². The molecule has 76 valence electrons. The summed E-state index contributed by atoms with van der Waals surface area (Å²) in [6, 6.07) is 10.4. The Morgan fingerprint density at radius 3 is 2.29 bits per heavy atom. The first kappa shape index (κ1) is 11.0. The number of rotatable bonds is 4. The first-order valence-corrected chi connectivity index (χ1v) is 5.15. The van der Waals surface area contributed by atoms with E-state index in [0.29, 0.717) is 18.3 Å². The molecule has 0 amide bonds. The summed E-state index contributed by atoms with van der Waals surface area (Å²) in [5, 5.41) is 0. The molecule has 1 aromatic rings. The Morgan fingerprint density at radius 2 is 1.79 bits per heavy atom. The first-order chi connectivity index (χ1) is 6.61. The molecule has 0 N–H and O–H groups in total. The van der Waals surface area contributed by atoms with Gasteiger partial charge in [0.05, 0.1) is 0 Å². The summed E-state index contributed by atoms with van der Waals surface area (Å²) < 4.78 is 0. The maximum absolute atomic E-state index is 11.0. The average molecular weight is 190 g/mol. The van der Waals surface area contributed by atoms with Crippen LogP contribution in [0.2, 0.25) is 0 Å². The van der Waals surface area contributed by atoms with Gasteiger partial charge in [0.15, 0.2) is 0 Å². The summed E-state index contributed by atoms with van der Waals surface area (Å²) in [7, 11) is 0. The van der Waals surface area contributed by atoms with Crippen molar-refractivity contribution in [3.8, 4) is 0 Å². The van der Waals surface area contributed by atoms with E-state index in [0.717, 1.165) is 0 Å². The zero-order valence-corrected chi connectivity index (χ0v) is 9.16. The summed E-state index contributed by atoms with van der Waals surface area (Å²) in [6.45, 7) is 5.98. The molecule has 0 fully saturated rings. The number of carbonyl (C=O) groups is 1. The number of benzene rings is 1. The molecule has 1 aromatic carbocycles. The van der Waals surface area contributed by atoms with Gasteiger partial charge in [0.1, 0.15) is 5.78 Å². The molecule has 0 aromatic heterocycles. The second kappa shape index (κ2) is 4.94. The summed E-state index contributed by atoms with van der Waals surface area (Å²) in [6.07, 6.45) is 0.677. The van der Waals surface area contributed by atoms with Crippen LogP contribution in [0.1, 0.15) is 38.7 Å². The van der Waals surface area contributed by atoms with Crippen molar-refractivity contribution in [3.63, 3.8) is 0 Å². The second-order valence-corrected chi connectivity index (χ2v) is 4.08. The van der Waals surface area contributed by atoms with E-state index < -0.39 is 0 Å². The van der Waals surface area contributed by atoms with Gasteiger partial charge in [0.2, 0.25) is 0 Å². The number of carbonyl (C=O) groups excluding carboxylic acids is 1. The van der Waals surface area contributed by atoms with Crippen LogP contribution < -0.4 is 0 Å². The van der Waals surface area contributed by atoms with Gasteiger partial charge in [-0.25, -0.2) is 0 Å². The molecule has 0 saturated heterocycles. The van der Waals surface area contributed by atoms with Gasteiger partial charge in [0, 0.05) is 6.42 Å². The molecule has 0 heterocycles. The third kappa shape index (κ3) is 2.99. The monoisotopic (exact) mass is 190 g/mol. The van der Waals surface area contributed by atoms with Crippen LogP contribution in [0.5, 0.6) is 0 Å². The van der Waals surface area contributed by atoms with Crippen molar-refractivity contribution in [3.05, 3.63) is 35.9 Å². The Hall–Kier alpha value is -1.11. The highest BCUT2D eigenvalue weighted by Crippen LogP contribution is 2.26. The van der Waals surface area contributed by atoms with Gasteiger partial charge in [-0.3, -0.25) is 0 Å². The number of hydrogen-bond acceptors (Lipinski definition) is 1. The van der Waals surface area contributed by atoms with Crippen molar-refractivity contribution in [1.82, 2.24) is 0 Å². The van der Waals surface area contributed by atoms with Crippen LogP contribution in [0, 0.1) is 5.92 Å². The summed E-state index contributed by atoms with van der Waals surface area (Å²) in [5.41, 5.74) is 1.32. The summed E-state index contributed by atoms with van der Waals surface area (Å²) in [4.78, 5) is 11.0. The lowest BCUT2D eigenvalue weighted by Crippen LogP contribution is -2.09. The van der Waals surface area contributed by atoms with Gasteiger partial charge >= 0.3 is 0 Å². The topological polar surface area (TPSA) is 17.1 Å². The first-order valence-electron chi connectivity index (χ1n) is 5.15. The third-order valence-electron chi connectivity index (χ3n) is 2.79. The lowest BCUT2D eigenvalue weighted by molar-refractivity contribution is -0.117. The van der Waals surface area contributed by atoms with Crippen molar-refractivity contribution in [2.45, 2.75) is 33.1 Å². The molecular formula is C13H18O. The van der Waals surface area contributed by atoms with Crippen molar-refractivity contribution in [1.29, 1.82) is 0 Å². The lowest BCUT2D eigenvalue weighted by Gasteiger charge is -2.18. The van der Waals surface area contributed by atoms with Gasteiger partial charge in [-0.1, -0.05) is 44.2 Å². The molecule has 2 atom stereocenters. The molecule has 1 heteroatoms. The summed E-state index contributed by atoms with van der Waals surface area (Å²) >= 11 is 0. The fourth-order valence-corrected chi connectivity index (χ4v) is 1.72. The van der Waals surface area contributed by atoms with Crippen LogP contribution in [-0.4, -0.2) is 5.78 Å². The van der Waals surface area contributed by atoms with E-state index in [1.54, 1.807) is 6.92 Å². The third-order valence-corrected chi connectivity index (χ3v) is 2.79. The Bertz CT molecular complexity index is 289. The number of ketones is 1. The van der Waals surface area contributed by atoms with Crippen molar-refractivity contribution >= 4 is 5.78 Å². The molecule has 1 nitrogen and oxygen atoms in total. The molecule has 1 rings (SSSR count). The highest BCUT2D eigenvalue weighted by atomic mass is 16.1. The quantitative estimate of drug-likeness (QED) is 0.711. The minimum atomic E-state index is 0.278. The van der Waals surface area contributed by atoms with Crippen molar-refractivity contribution < 1.29 is 4.79 Å². The van der Waals surface area contributed by atoms with E-state index in [2.05, 4.69) is 26.0 Å². The largest absolute Gasteiger partial charge is 0.300 e. The van der Waals surface area contributed by atoms with Crippen molar-refractivity contribution in [2.75, 3.05) is 0 Å². The maximum atomic E-state index is 11.0. The van der Waals surface area contributed by atoms with E-state index in [9.17, 15) is 4.79 Å². The van der Waals surface area contributed by atoms with E-state index >= 15 is 0 Å². The second-order valence-electron chi connectivity index (χ2n) is 4.08. The van der Waals surface area contributed by atoms with Crippen LogP contribution in [0.15, 0.2) is 30.3 Å². The molecule has 0 saturated carbocycles. The van der Waals surface area contributed by atoms with E-state index in [1.807, 2.05) is 18.2 Å². The van der Waals surface area contributed by atoms with Crippen LogP contribution in [0.4, 0.5) is 0 Å². The SMILES string of the molecule is CC(=O)C[C@H](C)[C@H](C)c1ccccc1. The molecule has 0 aliphatic rings. The molecule has 0 aliphatic carbocycles. The predicted octanol–water partition coefficient (Wildman–Crippen LogP) is 3.41. The molecule has 14 heavy (non-hydrogen) atoms. The zero-order valence-electron chi connectivity index (χ0n) is 9.16. The van der Waals surface area contributed by atoms with Gasteiger partial charge < -0.3 is 4.79 Å². The number of Topliss-reactive ketones (excluding diaryl/α,β-unsaturated/α-hetero) is 1. The fraction of sp³-hybridized carbons (Fsp3) is 0.462. The van der Waals surface area contributed by atoms with Gasteiger partial charge in [-0.05, 0) is 24.3 Å². The lowest BCUT2D eigenvalue weighted by atomic mass is 9.86. The standard InChI is InChI=1S/C13H18O/c1-10(9-11(2)14)12(3)13-7-5-4-6-8-13/h4-8,10,12H,9H2,1-3H3/t10-,12-/m0/s1. The van der Waals surface area contributed by atoms with E-state index in [4.69, 9.17) is 0 Å². The summed E-state index contributed by atoms with van der Waals surface area (Å²) in [5.74, 6) is 1.16. The van der Waals surface area contributed by atoms with Crippen LogP contribution in [0.3, 0.4) is 0 Å². The van der Waals surface area contributed by atoms with Crippen LogP contribution in [-0.2, 0) is 4.79 Å². The minimum Gasteiger partial charge on any atom is -0.300 e.